The van der Waals surface area contributed by atoms with Crippen LogP contribution in [-0.2, 0) is 0 Å². The summed E-state index contributed by atoms with van der Waals surface area (Å²) in [5.74, 6) is 0. The third-order valence-corrected chi connectivity index (χ3v) is 3.02. The topological polar surface area (TPSA) is 95.3 Å². The summed E-state index contributed by atoms with van der Waals surface area (Å²) in [6.45, 7) is 1.86. The number of hydrogen-bond donors (Lipinski definition) is 3. The highest BCUT2D eigenvalue weighted by Crippen LogP contribution is 2.29. The van der Waals surface area contributed by atoms with Gasteiger partial charge in [0, 0.05) is 12.3 Å². The average molecular weight is 238 g/mol. The first-order valence-corrected chi connectivity index (χ1v) is 5.42. The maximum Gasteiger partial charge on any atom is 0.328 e. The van der Waals surface area contributed by atoms with Crippen molar-refractivity contribution in [3.63, 3.8) is 0 Å². The van der Waals surface area contributed by atoms with Gasteiger partial charge in [0.15, 0.2) is 0 Å². The lowest BCUT2D eigenvalue weighted by atomic mass is 10.1. The summed E-state index contributed by atoms with van der Waals surface area (Å²) < 4.78 is 1.21. The van der Waals surface area contributed by atoms with Gasteiger partial charge in [-0.3, -0.25) is 14.3 Å². The van der Waals surface area contributed by atoms with Crippen molar-refractivity contribution in [1.29, 1.82) is 0 Å². The summed E-state index contributed by atoms with van der Waals surface area (Å²) in [6, 6.07) is 0.572. The van der Waals surface area contributed by atoms with Gasteiger partial charge in [0.2, 0.25) is 0 Å². The molecule has 0 saturated carbocycles. The Morgan fingerprint density at radius 3 is 2.65 bits per heavy atom. The molecule has 1 aliphatic rings. The van der Waals surface area contributed by atoms with Crippen LogP contribution in [0, 0.1) is 0 Å². The Morgan fingerprint density at radius 2 is 2.12 bits per heavy atom. The predicted octanol–water partition coefficient (Wildman–Crippen LogP) is -0.851. The van der Waals surface area contributed by atoms with E-state index in [9.17, 15) is 19.8 Å². The summed E-state index contributed by atoms with van der Waals surface area (Å²) >= 11 is 0. The second kappa shape index (κ2) is 4.31. The fourth-order valence-electron chi connectivity index (χ4n) is 2.06. The van der Waals surface area contributed by atoms with E-state index in [-0.39, 0.29) is 0 Å². The number of aliphatic hydroxyl groups excluding tert-OH is 2. The molecule has 0 spiro atoms. The van der Waals surface area contributed by atoms with E-state index in [0.29, 0.717) is 12.0 Å². The summed E-state index contributed by atoms with van der Waals surface area (Å²) in [5, 5.41) is 19.6. The summed E-state index contributed by atoms with van der Waals surface area (Å²) in [5.41, 5.74) is -0.387. The minimum absolute atomic E-state index is 0.487. The van der Waals surface area contributed by atoms with E-state index in [1.165, 1.54) is 16.8 Å². The number of H-pyrrole nitrogens is 1. The van der Waals surface area contributed by atoms with Crippen molar-refractivity contribution in [2.45, 2.75) is 31.6 Å². The third-order valence-electron chi connectivity index (χ3n) is 3.02. The molecule has 3 N–H and O–H groups in total. The normalized spacial score (nSPS) is 28.2. The van der Waals surface area contributed by atoms with Crippen molar-refractivity contribution < 1.29 is 10.2 Å². The Kier molecular flexibility index (Phi) is 2.99. The Labute approximate surface area is 96.9 Å². The van der Waals surface area contributed by atoms with E-state index in [2.05, 4.69) is 4.98 Å². The second-order valence-corrected chi connectivity index (χ2v) is 4.04. The highest BCUT2D eigenvalue weighted by Gasteiger charge is 2.35. The molecule has 0 aromatic carbocycles. The molecule has 0 radical (unpaired) electrons. The van der Waals surface area contributed by atoms with Crippen LogP contribution < -0.4 is 11.2 Å². The number of aliphatic hydroxyl groups is 2. The summed E-state index contributed by atoms with van der Waals surface area (Å²) in [6.07, 6.45) is 1.57. The summed E-state index contributed by atoms with van der Waals surface area (Å²) in [7, 11) is 0. The molecule has 6 nitrogen and oxygen atoms in total. The zero-order valence-electron chi connectivity index (χ0n) is 9.33. The predicted molar refractivity (Wildman–Crippen MR) is 60.7 cm³/mol. The molecule has 3 atom stereocenters. The van der Waals surface area contributed by atoms with Crippen molar-refractivity contribution in [2.75, 3.05) is 0 Å². The van der Waals surface area contributed by atoms with Gasteiger partial charge in [-0.25, -0.2) is 4.79 Å². The molecule has 1 heterocycles. The van der Waals surface area contributed by atoms with Crippen LogP contribution in [0.25, 0.3) is 0 Å². The summed E-state index contributed by atoms with van der Waals surface area (Å²) in [4.78, 5) is 24.6. The fourth-order valence-corrected chi connectivity index (χ4v) is 2.06. The van der Waals surface area contributed by atoms with Crippen LogP contribution in [0.15, 0.2) is 33.5 Å². The first kappa shape index (κ1) is 11.8. The van der Waals surface area contributed by atoms with E-state index >= 15 is 0 Å². The van der Waals surface area contributed by atoms with Crippen molar-refractivity contribution in [3.8, 4) is 0 Å². The molecule has 17 heavy (non-hydrogen) atoms. The van der Waals surface area contributed by atoms with Gasteiger partial charge in [-0.05, 0) is 12.0 Å². The Bertz CT molecular complexity index is 557. The first-order chi connectivity index (χ1) is 8.04. The van der Waals surface area contributed by atoms with Gasteiger partial charge in [0.05, 0.1) is 6.04 Å². The fraction of sp³-hybridized carbons (Fsp3) is 0.455. The van der Waals surface area contributed by atoms with Gasteiger partial charge in [0.25, 0.3) is 5.56 Å². The zero-order valence-corrected chi connectivity index (χ0v) is 9.33. The lowest BCUT2D eigenvalue weighted by molar-refractivity contribution is 0.0301. The van der Waals surface area contributed by atoms with Crippen molar-refractivity contribution >= 4 is 0 Å². The molecule has 1 aromatic heterocycles. The molecule has 1 aromatic rings. The third kappa shape index (κ3) is 1.96. The molecular formula is C11H14N2O4. The van der Waals surface area contributed by atoms with E-state index in [1.807, 2.05) is 6.92 Å². The minimum atomic E-state index is -1.06. The van der Waals surface area contributed by atoms with Crippen LogP contribution in [-0.4, -0.2) is 32.0 Å². The molecule has 6 heteroatoms. The molecule has 0 amide bonds. The maximum atomic E-state index is 11.6. The minimum Gasteiger partial charge on any atom is -0.388 e. The molecule has 1 aliphatic carbocycles. The highest BCUT2D eigenvalue weighted by atomic mass is 16.3. The molecule has 0 fully saturated rings. The SMILES string of the molecule is CCC1=C[C@@H](n2ccc(=O)[nH]c2=O)C(O)C1O. The average Bonchev–Trinajstić information content (AvgIpc) is 2.57. The van der Waals surface area contributed by atoms with Gasteiger partial charge in [-0.15, -0.1) is 0 Å². The monoisotopic (exact) mass is 238 g/mol. The van der Waals surface area contributed by atoms with Crippen LogP contribution in [0.2, 0.25) is 0 Å². The van der Waals surface area contributed by atoms with Gasteiger partial charge in [0.1, 0.15) is 12.2 Å². The lowest BCUT2D eigenvalue weighted by Crippen LogP contribution is -2.37. The zero-order chi connectivity index (χ0) is 12.6. The van der Waals surface area contributed by atoms with E-state index in [4.69, 9.17) is 0 Å². The quantitative estimate of drug-likeness (QED) is 0.585. The molecule has 0 aliphatic heterocycles. The van der Waals surface area contributed by atoms with Gasteiger partial charge < -0.3 is 10.2 Å². The number of aromatic nitrogens is 2. The van der Waals surface area contributed by atoms with Gasteiger partial charge in [-0.2, -0.15) is 0 Å². The van der Waals surface area contributed by atoms with Gasteiger partial charge in [-0.1, -0.05) is 13.0 Å². The standard InChI is InChI=1S/C11H14N2O4/c1-2-6-5-7(10(16)9(6)15)13-4-3-8(14)12-11(13)17/h3-5,7,9-10,15-16H,2H2,1H3,(H,12,14,17)/t7-,9?,10?/m1/s1. The van der Waals surface area contributed by atoms with E-state index in [1.54, 1.807) is 6.08 Å². The maximum absolute atomic E-state index is 11.6. The number of nitrogens with zero attached hydrogens (tertiary/aromatic N) is 1. The number of hydrogen-bond acceptors (Lipinski definition) is 4. The van der Waals surface area contributed by atoms with Crippen LogP contribution >= 0.6 is 0 Å². The van der Waals surface area contributed by atoms with Crippen LogP contribution in [0.3, 0.4) is 0 Å². The molecule has 2 rings (SSSR count). The van der Waals surface area contributed by atoms with Gasteiger partial charge >= 0.3 is 5.69 Å². The van der Waals surface area contributed by atoms with Crippen molar-refractivity contribution in [3.05, 3.63) is 44.8 Å². The number of aromatic amines is 1. The Morgan fingerprint density at radius 1 is 1.41 bits per heavy atom. The molecule has 92 valence electrons. The Balaban J connectivity index is 2.45. The van der Waals surface area contributed by atoms with E-state index < -0.39 is 29.5 Å². The lowest BCUT2D eigenvalue weighted by Gasteiger charge is -2.18. The smallest absolute Gasteiger partial charge is 0.328 e. The molecular weight excluding hydrogens is 224 g/mol. The van der Waals surface area contributed by atoms with Crippen LogP contribution in [0.1, 0.15) is 19.4 Å². The largest absolute Gasteiger partial charge is 0.388 e. The Hall–Kier alpha value is -1.66. The highest BCUT2D eigenvalue weighted by molar-refractivity contribution is 5.22. The molecule has 0 bridgehead atoms. The second-order valence-electron chi connectivity index (χ2n) is 4.04. The van der Waals surface area contributed by atoms with Crippen LogP contribution in [0.5, 0.6) is 0 Å². The van der Waals surface area contributed by atoms with E-state index in [0.717, 1.165) is 0 Å². The molecule has 0 saturated heterocycles. The van der Waals surface area contributed by atoms with Crippen molar-refractivity contribution in [2.24, 2.45) is 0 Å². The first-order valence-electron chi connectivity index (χ1n) is 5.42. The molecule has 2 unspecified atom stereocenters. The number of nitrogens with one attached hydrogen (secondary N) is 1. The van der Waals surface area contributed by atoms with Crippen LogP contribution in [0.4, 0.5) is 0 Å². The van der Waals surface area contributed by atoms with Crippen molar-refractivity contribution in [1.82, 2.24) is 9.55 Å². The number of rotatable bonds is 2.